The van der Waals surface area contributed by atoms with Gasteiger partial charge < -0.3 is 10.2 Å². The first-order valence-electron chi connectivity index (χ1n) is 6.28. The van der Waals surface area contributed by atoms with E-state index in [4.69, 9.17) is 0 Å². The molecule has 0 aliphatic carbocycles. The van der Waals surface area contributed by atoms with Gasteiger partial charge >= 0.3 is 0 Å². The zero-order valence-electron chi connectivity index (χ0n) is 9.89. The topological polar surface area (TPSA) is 15.3 Å². The fraction of sp³-hybridized carbons (Fsp3) is 1.00. The summed E-state index contributed by atoms with van der Waals surface area (Å²) in [6.45, 7) is 9.71. The van der Waals surface area contributed by atoms with Crippen LogP contribution in [-0.2, 0) is 0 Å². The van der Waals surface area contributed by atoms with Crippen LogP contribution in [0.25, 0.3) is 0 Å². The first kappa shape index (κ1) is 12.0. The van der Waals surface area contributed by atoms with Crippen molar-refractivity contribution < 1.29 is 0 Å². The van der Waals surface area contributed by atoms with E-state index in [-0.39, 0.29) is 0 Å². The van der Waals surface area contributed by atoms with Crippen molar-refractivity contribution >= 4 is 0 Å². The zero-order valence-corrected chi connectivity index (χ0v) is 9.89. The van der Waals surface area contributed by atoms with Gasteiger partial charge in [0.2, 0.25) is 0 Å². The third kappa shape index (κ3) is 4.97. The molecule has 1 N–H and O–H groups in total. The largest absolute Gasteiger partial charge is 0.314 e. The van der Waals surface area contributed by atoms with Crippen LogP contribution in [0.2, 0.25) is 0 Å². The second kappa shape index (κ2) is 7.24. The Morgan fingerprint density at radius 3 is 2.64 bits per heavy atom. The highest BCUT2D eigenvalue weighted by molar-refractivity contribution is 4.67. The Morgan fingerprint density at radius 1 is 1.29 bits per heavy atom. The number of rotatable bonds is 7. The first-order chi connectivity index (χ1) is 6.83. The summed E-state index contributed by atoms with van der Waals surface area (Å²) in [5, 5.41) is 3.54. The minimum Gasteiger partial charge on any atom is -0.314 e. The van der Waals surface area contributed by atoms with Crippen molar-refractivity contribution in [1.82, 2.24) is 10.2 Å². The van der Waals surface area contributed by atoms with E-state index in [9.17, 15) is 0 Å². The monoisotopic (exact) mass is 198 g/mol. The summed E-state index contributed by atoms with van der Waals surface area (Å²) in [6.07, 6.45) is 6.78. The molecule has 1 aliphatic heterocycles. The van der Waals surface area contributed by atoms with Gasteiger partial charge in [-0.05, 0) is 65.2 Å². The van der Waals surface area contributed by atoms with Crippen LogP contribution in [0.1, 0.15) is 46.0 Å². The molecule has 1 atom stereocenters. The predicted octanol–water partition coefficient (Wildman–Crippen LogP) is 2.25. The maximum atomic E-state index is 3.54. The lowest BCUT2D eigenvalue weighted by Crippen LogP contribution is -2.28. The van der Waals surface area contributed by atoms with E-state index in [1.165, 1.54) is 58.3 Å². The van der Waals surface area contributed by atoms with Crippen molar-refractivity contribution in [3.05, 3.63) is 0 Å². The summed E-state index contributed by atoms with van der Waals surface area (Å²) < 4.78 is 0. The molecule has 2 heteroatoms. The minimum absolute atomic E-state index is 0.706. The molecule has 0 saturated carbocycles. The molecular weight excluding hydrogens is 172 g/mol. The number of nitrogens with one attached hydrogen (secondary N) is 1. The van der Waals surface area contributed by atoms with Gasteiger partial charge in [0, 0.05) is 6.04 Å². The molecule has 84 valence electrons. The van der Waals surface area contributed by atoms with E-state index < -0.39 is 0 Å². The van der Waals surface area contributed by atoms with Crippen LogP contribution in [0.5, 0.6) is 0 Å². The van der Waals surface area contributed by atoms with Gasteiger partial charge in [0.05, 0.1) is 0 Å². The summed E-state index contributed by atoms with van der Waals surface area (Å²) in [4.78, 5) is 2.60. The normalized spacial score (nSPS) is 20.1. The maximum absolute atomic E-state index is 3.54. The molecule has 0 spiro atoms. The van der Waals surface area contributed by atoms with Crippen LogP contribution < -0.4 is 5.32 Å². The van der Waals surface area contributed by atoms with Crippen molar-refractivity contribution in [2.45, 2.75) is 52.0 Å². The Hall–Kier alpha value is -0.0800. The second-order valence-electron chi connectivity index (χ2n) is 4.55. The summed E-state index contributed by atoms with van der Waals surface area (Å²) in [6, 6.07) is 0.706. The first-order valence-corrected chi connectivity index (χ1v) is 6.28. The molecule has 0 aromatic heterocycles. The Bertz CT molecular complexity index is 130. The maximum Gasteiger partial charge on any atom is 0.00391 e. The molecule has 1 aliphatic rings. The highest BCUT2D eigenvalue weighted by Gasteiger charge is 2.10. The van der Waals surface area contributed by atoms with E-state index in [0.717, 1.165) is 0 Å². The minimum atomic E-state index is 0.706. The number of likely N-dealkylation sites (tertiary alicyclic amines) is 1. The van der Waals surface area contributed by atoms with Crippen molar-refractivity contribution in [2.24, 2.45) is 0 Å². The van der Waals surface area contributed by atoms with E-state index in [1.807, 2.05) is 0 Å². The molecule has 1 heterocycles. The molecule has 1 rings (SSSR count). The summed E-state index contributed by atoms with van der Waals surface area (Å²) in [5.74, 6) is 0. The summed E-state index contributed by atoms with van der Waals surface area (Å²) in [5.41, 5.74) is 0. The molecular formula is C12H26N2. The molecule has 0 radical (unpaired) electrons. The molecule has 0 bridgehead atoms. The van der Waals surface area contributed by atoms with Crippen LogP contribution in [0.15, 0.2) is 0 Å². The third-order valence-electron chi connectivity index (χ3n) is 3.05. The van der Waals surface area contributed by atoms with Crippen LogP contribution >= 0.6 is 0 Å². The SMILES string of the molecule is CCCNC(C)CCCN1CCCC1. The molecule has 14 heavy (non-hydrogen) atoms. The Morgan fingerprint density at radius 2 is 2.00 bits per heavy atom. The zero-order chi connectivity index (χ0) is 10.2. The molecule has 0 amide bonds. The van der Waals surface area contributed by atoms with Gasteiger partial charge in [-0.1, -0.05) is 6.92 Å². The standard InChI is InChI=1S/C12H26N2/c1-3-8-13-12(2)7-6-11-14-9-4-5-10-14/h12-13H,3-11H2,1-2H3. The molecule has 2 nitrogen and oxygen atoms in total. The lowest BCUT2D eigenvalue weighted by Gasteiger charge is -2.17. The fourth-order valence-corrected chi connectivity index (χ4v) is 2.12. The number of hydrogen-bond donors (Lipinski definition) is 1. The molecule has 1 saturated heterocycles. The van der Waals surface area contributed by atoms with E-state index in [2.05, 4.69) is 24.1 Å². The van der Waals surface area contributed by atoms with E-state index in [0.29, 0.717) is 6.04 Å². The molecule has 1 fully saturated rings. The predicted molar refractivity (Wildman–Crippen MR) is 62.7 cm³/mol. The number of hydrogen-bond acceptors (Lipinski definition) is 2. The van der Waals surface area contributed by atoms with Gasteiger partial charge in [0.25, 0.3) is 0 Å². The van der Waals surface area contributed by atoms with Gasteiger partial charge in [-0.2, -0.15) is 0 Å². The van der Waals surface area contributed by atoms with Crippen molar-refractivity contribution in [3.63, 3.8) is 0 Å². The second-order valence-corrected chi connectivity index (χ2v) is 4.55. The van der Waals surface area contributed by atoms with E-state index >= 15 is 0 Å². The Labute approximate surface area is 89.1 Å². The van der Waals surface area contributed by atoms with Crippen molar-refractivity contribution in [2.75, 3.05) is 26.2 Å². The van der Waals surface area contributed by atoms with Crippen LogP contribution in [0.3, 0.4) is 0 Å². The summed E-state index contributed by atoms with van der Waals surface area (Å²) in [7, 11) is 0. The quantitative estimate of drug-likeness (QED) is 0.675. The van der Waals surface area contributed by atoms with Gasteiger partial charge in [0.15, 0.2) is 0 Å². The highest BCUT2D eigenvalue weighted by atomic mass is 15.1. The molecule has 0 aromatic carbocycles. The fourth-order valence-electron chi connectivity index (χ4n) is 2.12. The van der Waals surface area contributed by atoms with E-state index in [1.54, 1.807) is 0 Å². The smallest absolute Gasteiger partial charge is 0.00391 e. The van der Waals surface area contributed by atoms with Gasteiger partial charge in [-0.25, -0.2) is 0 Å². The lowest BCUT2D eigenvalue weighted by atomic mass is 10.2. The average Bonchev–Trinajstić information content (AvgIpc) is 2.67. The van der Waals surface area contributed by atoms with Crippen molar-refractivity contribution in [1.29, 1.82) is 0 Å². The van der Waals surface area contributed by atoms with Gasteiger partial charge in [0.1, 0.15) is 0 Å². The van der Waals surface area contributed by atoms with Crippen LogP contribution in [0, 0.1) is 0 Å². The van der Waals surface area contributed by atoms with Gasteiger partial charge in [-0.3, -0.25) is 0 Å². The molecule has 1 unspecified atom stereocenters. The average molecular weight is 198 g/mol. The third-order valence-corrected chi connectivity index (χ3v) is 3.05. The Balaban J connectivity index is 1.91. The Kier molecular flexibility index (Phi) is 6.20. The number of nitrogens with zero attached hydrogens (tertiary/aromatic N) is 1. The lowest BCUT2D eigenvalue weighted by molar-refractivity contribution is 0.321. The summed E-state index contributed by atoms with van der Waals surface area (Å²) >= 11 is 0. The van der Waals surface area contributed by atoms with Crippen molar-refractivity contribution in [3.8, 4) is 0 Å². The van der Waals surface area contributed by atoms with Gasteiger partial charge in [-0.15, -0.1) is 0 Å². The highest BCUT2D eigenvalue weighted by Crippen LogP contribution is 2.08. The van der Waals surface area contributed by atoms with Crippen LogP contribution in [-0.4, -0.2) is 37.1 Å². The van der Waals surface area contributed by atoms with Crippen LogP contribution in [0.4, 0.5) is 0 Å². The molecule has 0 aromatic rings.